The molecule has 74 valence electrons. The van der Waals surface area contributed by atoms with Crippen molar-refractivity contribution in [2.75, 3.05) is 6.54 Å². The molecule has 1 unspecified atom stereocenters. The van der Waals surface area contributed by atoms with Gasteiger partial charge >= 0.3 is 6.18 Å². The number of hydrogen-bond acceptors (Lipinski definition) is 2. The molecule has 0 saturated heterocycles. The lowest BCUT2D eigenvalue weighted by molar-refractivity contribution is -0.144. The number of nitrogens with zero attached hydrogens (tertiary/aromatic N) is 2. The lowest BCUT2D eigenvalue weighted by Gasteiger charge is -2.14. The average molecular weight is 193 g/mol. The highest BCUT2D eigenvalue weighted by Gasteiger charge is 2.35. The third-order valence-corrected chi connectivity index (χ3v) is 1.72. The molecule has 1 aromatic rings. The van der Waals surface area contributed by atoms with E-state index in [2.05, 4.69) is 5.10 Å². The predicted molar refractivity (Wildman–Crippen MR) is 41.0 cm³/mol. The van der Waals surface area contributed by atoms with Gasteiger partial charge < -0.3 is 5.73 Å². The molecule has 0 radical (unpaired) electrons. The van der Waals surface area contributed by atoms with Crippen LogP contribution in [0, 0.1) is 0 Å². The summed E-state index contributed by atoms with van der Waals surface area (Å²) in [4.78, 5) is 0. The zero-order valence-electron chi connectivity index (χ0n) is 7.04. The standard InChI is InChI=1S/C7H10F3N3/c1-5(4-11)13-6(2-3-12-13)7(8,9)10/h2-3,5H,4,11H2,1H3. The van der Waals surface area contributed by atoms with E-state index in [1.165, 1.54) is 0 Å². The van der Waals surface area contributed by atoms with Gasteiger partial charge in [0.2, 0.25) is 0 Å². The fourth-order valence-corrected chi connectivity index (χ4v) is 0.990. The Hall–Kier alpha value is -1.04. The van der Waals surface area contributed by atoms with Gasteiger partial charge in [-0.3, -0.25) is 4.68 Å². The second-order valence-corrected chi connectivity index (χ2v) is 2.74. The molecule has 0 saturated carbocycles. The van der Waals surface area contributed by atoms with Crippen LogP contribution in [0.2, 0.25) is 0 Å². The second kappa shape index (κ2) is 3.37. The van der Waals surface area contributed by atoms with Gasteiger partial charge in [0.15, 0.2) is 0 Å². The Balaban J connectivity index is 3.03. The van der Waals surface area contributed by atoms with E-state index in [1.54, 1.807) is 6.92 Å². The van der Waals surface area contributed by atoms with Crippen LogP contribution >= 0.6 is 0 Å². The molecule has 1 rings (SSSR count). The zero-order valence-corrected chi connectivity index (χ0v) is 7.04. The quantitative estimate of drug-likeness (QED) is 0.771. The maximum atomic E-state index is 12.3. The minimum absolute atomic E-state index is 0.130. The van der Waals surface area contributed by atoms with Gasteiger partial charge in [0.1, 0.15) is 5.69 Å². The Bertz CT molecular complexity index is 279. The van der Waals surface area contributed by atoms with E-state index in [-0.39, 0.29) is 6.54 Å². The molecule has 1 aromatic heterocycles. The summed E-state index contributed by atoms with van der Waals surface area (Å²) in [5.41, 5.74) is 4.49. The maximum Gasteiger partial charge on any atom is 0.433 e. The molecule has 0 aliphatic heterocycles. The molecule has 0 amide bonds. The van der Waals surface area contributed by atoms with Gasteiger partial charge in [-0.1, -0.05) is 0 Å². The first-order valence-corrected chi connectivity index (χ1v) is 3.77. The summed E-state index contributed by atoms with van der Waals surface area (Å²) < 4.78 is 37.7. The minimum Gasteiger partial charge on any atom is -0.328 e. The molecule has 0 aliphatic carbocycles. The van der Waals surface area contributed by atoms with Gasteiger partial charge in [0, 0.05) is 12.7 Å². The van der Waals surface area contributed by atoms with Gasteiger partial charge in [-0.25, -0.2) is 0 Å². The molecule has 1 heterocycles. The van der Waals surface area contributed by atoms with E-state index in [0.717, 1.165) is 16.9 Å². The first-order valence-electron chi connectivity index (χ1n) is 3.77. The smallest absolute Gasteiger partial charge is 0.328 e. The molecule has 6 heteroatoms. The van der Waals surface area contributed by atoms with Crippen LogP contribution in [0.1, 0.15) is 18.7 Å². The van der Waals surface area contributed by atoms with Crippen molar-refractivity contribution >= 4 is 0 Å². The zero-order chi connectivity index (χ0) is 10.1. The van der Waals surface area contributed by atoms with E-state index in [9.17, 15) is 13.2 Å². The Morgan fingerprint density at radius 1 is 1.62 bits per heavy atom. The van der Waals surface area contributed by atoms with Crippen molar-refractivity contribution in [1.82, 2.24) is 9.78 Å². The van der Waals surface area contributed by atoms with Crippen LogP contribution in [0.15, 0.2) is 12.3 Å². The molecule has 13 heavy (non-hydrogen) atoms. The van der Waals surface area contributed by atoms with Crippen LogP contribution in [-0.4, -0.2) is 16.3 Å². The van der Waals surface area contributed by atoms with Gasteiger partial charge in [0.05, 0.1) is 6.04 Å². The van der Waals surface area contributed by atoms with E-state index in [4.69, 9.17) is 5.73 Å². The van der Waals surface area contributed by atoms with Crippen molar-refractivity contribution in [1.29, 1.82) is 0 Å². The summed E-state index contributed by atoms with van der Waals surface area (Å²) in [5, 5.41) is 3.57. The Labute approximate surface area is 73.3 Å². The van der Waals surface area contributed by atoms with Crippen LogP contribution < -0.4 is 5.73 Å². The topological polar surface area (TPSA) is 43.8 Å². The highest BCUT2D eigenvalue weighted by Crippen LogP contribution is 2.30. The van der Waals surface area contributed by atoms with Gasteiger partial charge in [-0.15, -0.1) is 0 Å². The second-order valence-electron chi connectivity index (χ2n) is 2.74. The molecule has 3 nitrogen and oxygen atoms in total. The lowest BCUT2D eigenvalue weighted by Crippen LogP contribution is -2.22. The molecular formula is C7H10F3N3. The molecular weight excluding hydrogens is 183 g/mol. The summed E-state index contributed by atoms with van der Waals surface area (Å²) in [6, 6.07) is 0.498. The average Bonchev–Trinajstić information content (AvgIpc) is 2.49. The van der Waals surface area contributed by atoms with Crippen molar-refractivity contribution in [2.45, 2.75) is 19.1 Å². The first kappa shape index (κ1) is 10.0. The van der Waals surface area contributed by atoms with E-state index in [1.807, 2.05) is 0 Å². The third kappa shape index (κ3) is 2.00. The monoisotopic (exact) mass is 193 g/mol. The third-order valence-electron chi connectivity index (χ3n) is 1.72. The lowest BCUT2D eigenvalue weighted by atomic mass is 10.3. The van der Waals surface area contributed by atoms with Crippen LogP contribution in [-0.2, 0) is 6.18 Å². The largest absolute Gasteiger partial charge is 0.433 e. The Morgan fingerprint density at radius 3 is 2.69 bits per heavy atom. The predicted octanol–water partition coefficient (Wildman–Crippen LogP) is 1.42. The molecule has 1 atom stereocenters. The summed E-state index contributed by atoms with van der Waals surface area (Å²) in [6.07, 6.45) is -3.24. The summed E-state index contributed by atoms with van der Waals surface area (Å²) in [5.74, 6) is 0. The molecule has 0 fully saturated rings. The molecule has 0 spiro atoms. The summed E-state index contributed by atoms with van der Waals surface area (Å²) >= 11 is 0. The van der Waals surface area contributed by atoms with Crippen LogP contribution in [0.5, 0.6) is 0 Å². The SMILES string of the molecule is CC(CN)n1nccc1C(F)(F)F. The number of hydrogen-bond donors (Lipinski definition) is 1. The van der Waals surface area contributed by atoms with Crippen LogP contribution in [0.25, 0.3) is 0 Å². The molecule has 0 bridgehead atoms. The number of rotatable bonds is 2. The van der Waals surface area contributed by atoms with Gasteiger partial charge in [0.25, 0.3) is 0 Å². The van der Waals surface area contributed by atoms with Crippen molar-refractivity contribution in [2.24, 2.45) is 5.73 Å². The van der Waals surface area contributed by atoms with E-state index >= 15 is 0 Å². The van der Waals surface area contributed by atoms with Crippen LogP contribution in [0.3, 0.4) is 0 Å². The van der Waals surface area contributed by atoms with Crippen molar-refractivity contribution < 1.29 is 13.2 Å². The number of halogens is 3. The Morgan fingerprint density at radius 2 is 2.23 bits per heavy atom. The van der Waals surface area contributed by atoms with Crippen LogP contribution in [0.4, 0.5) is 13.2 Å². The van der Waals surface area contributed by atoms with E-state index in [0.29, 0.717) is 0 Å². The van der Waals surface area contributed by atoms with Gasteiger partial charge in [-0.05, 0) is 13.0 Å². The number of nitrogens with two attached hydrogens (primary N) is 1. The molecule has 2 N–H and O–H groups in total. The van der Waals surface area contributed by atoms with Crippen molar-refractivity contribution in [3.63, 3.8) is 0 Å². The van der Waals surface area contributed by atoms with Crippen molar-refractivity contribution in [3.05, 3.63) is 18.0 Å². The first-order chi connectivity index (χ1) is 5.96. The minimum atomic E-state index is -4.36. The summed E-state index contributed by atoms with van der Waals surface area (Å²) in [7, 11) is 0. The van der Waals surface area contributed by atoms with Crippen molar-refractivity contribution in [3.8, 4) is 0 Å². The highest BCUT2D eigenvalue weighted by atomic mass is 19.4. The normalized spacial score (nSPS) is 14.5. The summed E-state index contributed by atoms with van der Waals surface area (Å²) in [6.45, 7) is 1.72. The van der Waals surface area contributed by atoms with Gasteiger partial charge in [-0.2, -0.15) is 18.3 Å². The number of alkyl halides is 3. The fourth-order valence-electron chi connectivity index (χ4n) is 0.990. The molecule has 0 aromatic carbocycles. The highest BCUT2D eigenvalue weighted by molar-refractivity contribution is 5.06. The maximum absolute atomic E-state index is 12.3. The Kier molecular flexibility index (Phi) is 2.60. The van der Waals surface area contributed by atoms with E-state index < -0.39 is 17.9 Å². The number of aromatic nitrogens is 2. The molecule has 0 aliphatic rings. The fraction of sp³-hybridized carbons (Fsp3) is 0.571.